The molecule has 1 saturated carbocycles. The summed E-state index contributed by atoms with van der Waals surface area (Å²) in [7, 11) is -3.31. The van der Waals surface area contributed by atoms with E-state index in [1.807, 2.05) is 0 Å². The molecule has 2 N–H and O–H groups in total. The number of nitrogens with one attached hydrogen (secondary N) is 2. The number of carbonyl (C=O) groups is 1. The molecule has 0 unspecified atom stereocenters. The minimum Gasteiger partial charge on any atom is -0.389 e. The van der Waals surface area contributed by atoms with Crippen LogP contribution in [-0.2, 0) is 24.2 Å². The molecule has 1 amide bonds. The molecule has 0 radical (unpaired) electrons. The highest BCUT2D eigenvalue weighted by molar-refractivity contribution is 8.01. The lowest BCUT2D eigenvalue weighted by atomic mass is 10.1. The van der Waals surface area contributed by atoms with Crippen molar-refractivity contribution in [2.24, 2.45) is 5.16 Å². The van der Waals surface area contributed by atoms with Crippen molar-refractivity contribution in [1.29, 1.82) is 0 Å². The zero-order chi connectivity index (χ0) is 24.3. The first-order valence-electron chi connectivity index (χ1n) is 11.8. The average molecular weight is 537 g/mol. The first-order valence-corrected chi connectivity index (χ1v) is 15.0. The number of carbonyl (C=O) groups excluding carboxylic acids is 1. The fraction of sp³-hybridized carbons (Fsp3) is 0.522. The number of rotatable bonds is 9. The van der Waals surface area contributed by atoms with Crippen LogP contribution in [0.5, 0.6) is 0 Å². The van der Waals surface area contributed by atoms with E-state index in [4.69, 9.17) is 9.57 Å². The molecule has 0 bridgehead atoms. The van der Waals surface area contributed by atoms with Crippen molar-refractivity contribution in [1.82, 2.24) is 10.3 Å². The maximum absolute atomic E-state index is 13.2. The summed E-state index contributed by atoms with van der Waals surface area (Å²) >= 11 is 3.23. The van der Waals surface area contributed by atoms with Crippen LogP contribution in [0.4, 0.5) is 5.13 Å². The minimum atomic E-state index is -3.31. The van der Waals surface area contributed by atoms with E-state index in [1.165, 1.54) is 23.5 Å². The van der Waals surface area contributed by atoms with Crippen molar-refractivity contribution in [3.63, 3.8) is 0 Å². The van der Waals surface area contributed by atoms with E-state index < -0.39 is 15.7 Å². The number of ether oxygens (including phenoxy) is 1. The Labute approximate surface area is 213 Å². The molecular weight excluding hydrogens is 508 g/mol. The van der Waals surface area contributed by atoms with E-state index in [-0.39, 0.29) is 22.0 Å². The predicted molar refractivity (Wildman–Crippen MR) is 136 cm³/mol. The van der Waals surface area contributed by atoms with Crippen LogP contribution in [0.1, 0.15) is 37.7 Å². The number of hydrogen-bond donors (Lipinski definition) is 2. The smallest absolute Gasteiger partial charge is 0.280 e. The number of thiazole rings is 1. The van der Waals surface area contributed by atoms with E-state index >= 15 is 0 Å². The van der Waals surface area contributed by atoms with Gasteiger partial charge in [-0.1, -0.05) is 28.6 Å². The van der Waals surface area contributed by atoms with E-state index in [0.717, 1.165) is 30.1 Å². The van der Waals surface area contributed by atoms with Gasteiger partial charge in [-0.3, -0.25) is 10.1 Å². The summed E-state index contributed by atoms with van der Waals surface area (Å²) in [6.07, 6.45) is 5.87. The number of thioether (sulfide) groups is 1. The maximum atomic E-state index is 13.2. The van der Waals surface area contributed by atoms with Crippen LogP contribution >= 0.6 is 23.1 Å². The summed E-state index contributed by atoms with van der Waals surface area (Å²) in [6, 6.07) is 6.26. The predicted octanol–water partition coefficient (Wildman–Crippen LogP) is 3.07. The number of aromatic nitrogens is 1. The Morgan fingerprint density at radius 2 is 1.94 bits per heavy atom. The number of hydrogen-bond acceptors (Lipinski definition) is 10. The SMILES string of the molecule is O=C(Nc1ncc(SC2CCNCC2)s1)C(=NO[C@@H]1CCOC1)c1ccc(S(=O)(=O)C2CC2)cc1. The molecule has 3 fully saturated rings. The molecule has 1 atom stereocenters. The molecule has 2 aliphatic heterocycles. The number of benzene rings is 1. The monoisotopic (exact) mass is 536 g/mol. The van der Waals surface area contributed by atoms with Crippen molar-refractivity contribution in [2.45, 2.75) is 57.8 Å². The molecule has 9 nitrogen and oxygen atoms in total. The number of oxime groups is 1. The molecule has 1 aliphatic carbocycles. The van der Waals surface area contributed by atoms with Gasteiger partial charge in [-0.05, 0) is 50.9 Å². The van der Waals surface area contributed by atoms with Crippen molar-refractivity contribution in [3.05, 3.63) is 36.0 Å². The lowest BCUT2D eigenvalue weighted by molar-refractivity contribution is -0.110. The fourth-order valence-corrected chi connectivity index (χ4v) is 7.88. The van der Waals surface area contributed by atoms with Gasteiger partial charge < -0.3 is 14.9 Å². The van der Waals surface area contributed by atoms with E-state index in [1.54, 1.807) is 30.1 Å². The van der Waals surface area contributed by atoms with Crippen LogP contribution in [0.2, 0.25) is 0 Å². The molecule has 1 aromatic carbocycles. The van der Waals surface area contributed by atoms with E-state index in [2.05, 4.69) is 20.8 Å². The van der Waals surface area contributed by atoms with Crippen LogP contribution < -0.4 is 10.6 Å². The Morgan fingerprint density at radius 3 is 2.63 bits per heavy atom. The van der Waals surface area contributed by atoms with Gasteiger partial charge in [-0.2, -0.15) is 0 Å². The van der Waals surface area contributed by atoms with Crippen molar-refractivity contribution in [3.8, 4) is 0 Å². The molecule has 5 rings (SSSR count). The highest BCUT2D eigenvalue weighted by Crippen LogP contribution is 2.35. The average Bonchev–Trinajstić information content (AvgIpc) is 3.45. The quantitative estimate of drug-likeness (QED) is 0.371. The van der Waals surface area contributed by atoms with Crippen molar-refractivity contribution < 1.29 is 22.8 Å². The topological polar surface area (TPSA) is 119 Å². The van der Waals surface area contributed by atoms with E-state index in [9.17, 15) is 13.2 Å². The summed E-state index contributed by atoms with van der Waals surface area (Å²) in [5, 5.41) is 11.1. The molecule has 2 saturated heterocycles. The molecule has 1 aromatic heterocycles. The van der Waals surface area contributed by atoms with E-state index in [0.29, 0.717) is 48.4 Å². The highest BCUT2D eigenvalue weighted by Gasteiger charge is 2.36. The number of anilines is 1. The molecule has 3 aliphatic rings. The van der Waals surface area contributed by atoms with Crippen LogP contribution in [-0.4, -0.2) is 67.9 Å². The zero-order valence-electron chi connectivity index (χ0n) is 19.1. The zero-order valence-corrected chi connectivity index (χ0v) is 21.6. The van der Waals surface area contributed by atoms with Crippen LogP contribution in [0.3, 0.4) is 0 Å². The van der Waals surface area contributed by atoms with Gasteiger partial charge in [-0.25, -0.2) is 13.4 Å². The third-order valence-corrected chi connectivity index (χ3v) is 10.8. The van der Waals surface area contributed by atoms with Gasteiger partial charge in [-0.15, -0.1) is 11.8 Å². The largest absolute Gasteiger partial charge is 0.389 e. The minimum absolute atomic E-state index is 0.0648. The first-order chi connectivity index (χ1) is 17.0. The van der Waals surface area contributed by atoms with Gasteiger partial charge in [0.2, 0.25) is 0 Å². The van der Waals surface area contributed by atoms with Gasteiger partial charge in [0.25, 0.3) is 5.91 Å². The van der Waals surface area contributed by atoms with Crippen molar-refractivity contribution in [2.75, 3.05) is 31.6 Å². The summed E-state index contributed by atoms with van der Waals surface area (Å²) < 4.78 is 31.4. The van der Waals surface area contributed by atoms with Crippen LogP contribution in [0, 0.1) is 0 Å². The Balaban J connectivity index is 1.31. The van der Waals surface area contributed by atoms with Gasteiger partial charge in [0, 0.05) is 17.2 Å². The molecular formula is C23H28N4O5S3. The maximum Gasteiger partial charge on any atom is 0.280 e. The molecule has 3 heterocycles. The second-order valence-electron chi connectivity index (χ2n) is 8.81. The standard InChI is InChI=1S/C23H28N4O5S3/c28-22(26-23-25-13-20(34-23)33-17-7-10-24-11-8-17)21(27-32-16-9-12-31-14-16)15-1-3-18(4-2-15)35(29,30)19-5-6-19/h1-4,13,16-17,19,24H,5-12,14H2,(H,25,26,28)/t16-/m1/s1. The second-order valence-corrected chi connectivity index (χ2v) is 13.7. The summed E-state index contributed by atoms with van der Waals surface area (Å²) in [5.41, 5.74) is 0.534. The lowest BCUT2D eigenvalue weighted by Crippen LogP contribution is -2.28. The van der Waals surface area contributed by atoms with Gasteiger partial charge in [0.1, 0.15) is 0 Å². The number of sulfone groups is 1. The number of piperidine rings is 1. The van der Waals surface area contributed by atoms with Gasteiger partial charge >= 0.3 is 0 Å². The number of nitrogens with zero attached hydrogens (tertiary/aromatic N) is 2. The Bertz CT molecular complexity index is 1170. The van der Waals surface area contributed by atoms with Crippen molar-refractivity contribution >= 4 is 49.7 Å². The Morgan fingerprint density at radius 1 is 1.17 bits per heavy atom. The highest BCUT2D eigenvalue weighted by atomic mass is 32.2. The van der Waals surface area contributed by atoms with Crippen LogP contribution in [0.25, 0.3) is 0 Å². The second kappa shape index (κ2) is 11.0. The third-order valence-electron chi connectivity index (χ3n) is 6.09. The van der Waals surface area contributed by atoms with Crippen LogP contribution in [0.15, 0.2) is 44.7 Å². The summed E-state index contributed by atoms with van der Waals surface area (Å²) in [5.74, 6) is -0.463. The summed E-state index contributed by atoms with van der Waals surface area (Å²) in [4.78, 5) is 23.4. The normalized spacial score (nSPS) is 21.7. The summed E-state index contributed by atoms with van der Waals surface area (Å²) in [6.45, 7) is 3.05. The Hall–Kier alpha value is -1.99. The van der Waals surface area contributed by atoms with Gasteiger partial charge in [0.15, 0.2) is 26.8 Å². The lowest BCUT2D eigenvalue weighted by Gasteiger charge is -2.20. The molecule has 2 aromatic rings. The molecule has 188 valence electrons. The molecule has 0 spiro atoms. The Kier molecular flexibility index (Phi) is 7.73. The molecule has 35 heavy (non-hydrogen) atoms. The third kappa shape index (κ3) is 6.23. The van der Waals surface area contributed by atoms with Gasteiger partial charge in [0.05, 0.1) is 33.8 Å². The molecule has 12 heteroatoms. The first kappa shape index (κ1) is 24.7. The fourth-order valence-electron chi connectivity index (χ4n) is 3.93. The number of amides is 1.